The molecule has 0 saturated carbocycles. The summed E-state index contributed by atoms with van der Waals surface area (Å²) in [7, 11) is 0. The van der Waals surface area contributed by atoms with Gasteiger partial charge >= 0.3 is 0 Å². The minimum atomic E-state index is 0.630. The van der Waals surface area contributed by atoms with Crippen molar-refractivity contribution in [3.05, 3.63) is 58.2 Å². The first-order chi connectivity index (χ1) is 9.84. The third kappa shape index (κ3) is 1.70. The van der Waals surface area contributed by atoms with E-state index in [4.69, 9.17) is 0 Å². The van der Waals surface area contributed by atoms with Crippen LogP contribution in [0.25, 0.3) is 23.9 Å². The highest BCUT2D eigenvalue weighted by molar-refractivity contribution is 5.61. The van der Waals surface area contributed by atoms with Crippen molar-refractivity contribution < 1.29 is 0 Å². The first-order valence-corrected chi connectivity index (χ1v) is 7.52. The fourth-order valence-corrected chi connectivity index (χ4v) is 3.43. The molecule has 1 aromatic heterocycles. The van der Waals surface area contributed by atoms with Gasteiger partial charge in [0.15, 0.2) is 0 Å². The molecule has 2 aromatic rings. The summed E-state index contributed by atoms with van der Waals surface area (Å²) < 4.78 is 2.44. The molecule has 0 spiro atoms. The molecule has 100 valence electrons. The summed E-state index contributed by atoms with van der Waals surface area (Å²) >= 11 is 0. The largest absolute Gasteiger partial charge is 0.310 e. The van der Waals surface area contributed by atoms with Crippen LogP contribution in [-0.4, -0.2) is 4.57 Å². The van der Waals surface area contributed by atoms with Crippen LogP contribution in [0.2, 0.25) is 0 Å². The van der Waals surface area contributed by atoms with Gasteiger partial charge in [0, 0.05) is 16.7 Å². The Hall–Kier alpha value is -2.02. The second-order valence-electron chi connectivity index (χ2n) is 5.86. The zero-order valence-electron chi connectivity index (χ0n) is 11.8. The molecule has 1 nitrogen and oxygen atoms in total. The summed E-state index contributed by atoms with van der Waals surface area (Å²) in [5, 5.41) is 2.87. The molecule has 0 unspecified atom stereocenters. The Balaban J connectivity index is 2.12. The Morgan fingerprint density at radius 2 is 2.00 bits per heavy atom. The van der Waals surface area contributed by atoms with E-state index in [9.17, 15) is 0 Å². The lowest BCUT2D eigenvalue weighted by molar-refractivity contribution is 0.790. The Labute approximate surface area is 119 Å². The van der Waals surface area contributed by atoms with Crippen LogP contribution in [0.1, 0.15) is 31.0 Å². The molecule has 0 fully saturated rings. The Kier molecular flexibility index (Phi) is 2.66. The summed E-state index contributed by atoms with van der Waals surface area (Å²) in [5.74, 6) is 0.630. The number of para-hydroxylation sites is 1. The van der Waals surface area contributed by atoms with Crippen LogP contribution in [0.3, 0.4) is 0 Å². The predicted molar refractivity (Wildman–Crippen MR) is 85.1 cm³/mol. The quantitative estimate of drug-likeness (QED) is 0.743. The maximum Gasteiger partial charge on any atom is 0.0497 e. The first kappa shape index (κ1) is 11.8. The van der Waals surface area contributed by atoms with Crippen molar-refractivity contribution in [3.63, 3.8) is 0 Å². The Bertz CT molecular complexity index is 791. The van der Waals surface area contributed by atoms with Crippen LogP contribution in [0.15, 0.2) is 36.4 Å². The van der Waals surface area contributed by atoms with E-state index in [1.807, 2.05) is 0 Å². The summed E-state index contributed by atoms with van der Waals surface area (Å²) in [5.41, 5.74) is 4.19. The van der Waals surface area contributed by atoms with Gasteiger partial charge in [-0.3, -0.25) is 0 Å². The van der Waals surface area contributed by atoms with Gasteiger partial charge in [0.1, 0.15) is 0 Å². The van der Waals surface area contributed by atoms with Gasteiger partial charge < -0.3 is 4.57 Å². The van der Waals surface area contributed by atoms with Gasteiger partial charge in [-0.05, 0) is 54.2 Å². The molecule has 1 aromatic carbocycles. The van der Waals surface area contributed by atoms with E-state index in [1.54, 1.807) is 0 Å². The zero-order valence-corrected chi connectivity index (χ0v) is 11.8. The Morgan fingerprint density at radius 3 is 2.85 bits per heavy atom. The Morgan fingerprint density at radius 1 is 1.15 bits per heavy atom. The second kappa shape index (κ2) is 4.52. The molecule has 0 radical (unpaired) electrons. The molecule has 2 aliphatic rings. The fraction of sp³-hybridized carbons (Fsp3) is 0.263. The van der Waals surface area contributed by atoms with Crippen molar-refractivity contribution in [2.24, 2.45) is 5.92 Å². The van der Waals surface area contributed by atoms with E-state index >= 15 is 0 Å². The summed E-state index contributed by atoms with van der Waals surface area (Å²) in [6.07, 6.45) is 13.0. The lowest BCUT2D eigenvalue weighted by Crippen LogP contribution is -2.33. The van der Waals surface area contributed by atoms with E-state index in [-0.39, 0.29) is 0 Å². The minimum absolute atomic E-state index is 0.630. The number of fused-ring (bicyclic) bond motifs is 3. The van der Waals surface area contributed by atoms with Crippen LogP contribution in [-0.2, 0) is 6.42 Å². The van der Waals surface area contributed by atoms with Gasteiger partial charge in [0.2, 0.25) is 0 Å². The molecule has 2 aliphatic carbocycles. The monoisotopic (exact) mass is 261 g/mol. The summed E-state index contributed by atoms with van der Waals surface area (Å²) in [4.78, 5) is 0. The van der Waals surface area contributed by atoms with Crippen molar-refractivity contribution in [3.8, 4) is 5.69 Å². The molecule has 0 amide bonds. The van der Waals surface area contributed by atoms with Gasteiger partial charge in [0.25, 0.3) is 0 Å². The second-order valence-corrected chi connectivity index (χ2v) is 5.86. The van der Waals surface area contributed by atoms with Crippen LogP contribution in [0, 0.1) is 5.92 Å². The number of nitrogens with zero attached hydrogens (tertiary/aromatic N) is 1. The van der Waals surface area contributed by atoms with Gasteiger partial charge in [-0.15, -0.1) is 0 Å². The molecule has 4 rings (SSSR count). The number of aromatic nitrogens is 1. The SMILES string of the molecule is C[C@H]1C=c2c(c3c(n2-c2ccccc2)C=CCC3)=CC1. The molecule has 1 heteroatoms. The van der Waals surface area contributed by atoms with Crippen molar-refractivity contribution in [1.82, 2.24) is 4.57 Å². The van der Waals surface area contributed by atoms with E-state index in [0.717, 1.165) is 0 Å². The number of rotatable bonds is 1. The number of allylic oxidation sites excluding steroid dienone is 1. The van der Waals surface area contributed by atoms with Crippen molar-refractivity contribution in [2.45, 2.75) is 26.2 Å². The standard InChI is InChI=1S/C19H19N/c1-14-11-12-17-16-9-5-6-10-18(16)20(19(17)13-14)15-7-3-2-4-8-15/h2-4,6-8,10,12-14H,5,9,11H2,1H3/t14-/m1/s1. The number of hydrogen-bond donors (Lipinski definition) is 0. The lowest BCUT2D eigenvalue weighted by Gasteiger charge is -2.12. The van der Waals surface area contributed by atoms with E-state index in [0.29, 0.717) is 5.92 Å². The highest BCUT2D eigenvalue weighted by Crippen LogP contribution is 2.20. The van der Waals surface area contributed by atoms with Gasteiger partial charge in [-0.2, -0.15) is 0 Å². The minimum Gasteiger partial charge on any atom is -0.310 e. The maximum absolute atomic E-state index is 2.44. The average Bonchev–Trinajstić information content (AvgIpc) is 2.81. The maximum atomic E-state index is 2.44. The summed E-state index contributed by atoms with van der Waals surface area (Å²) in [6.45, 7) is 2.30. The lowest BCUT2D eigenvalue weighted by atomic mass is 9.97. The molecule has 0 N–H and O–H groups in total. The average molecular weight is 261 g/mol. The van der Waals surface area contributed by atoms with Crippen molar-refractivity contribution in [2.75, 3.05) is 0 Å². The normalized spacial score (nSPS) is 19.8. The van der Waals surface area contributed by atoms with Crippen LogP contribution >= 0.6 is 0 Å². The number of benzene rings is 1. The molecule has 0 bridgehead atoms. The molecule has 0 saturated heterocycles. The highest BCUT2D eigenvalue weighted by Gasteiger charge is 2.18. The van der Waals surface area contributed by atoms with Crippen molar-refractivity contribution in [1.29, 1.82) is 0 Å². The third-order valence-electron chi connectivity index (χ3n) is 4.38. The smallest absolute Gasteiger partial charge is 0.0497 e. The molecule has 1 atom stereocenters. The first-order valence-electron chi connectivity index (χ1n) is 7.52. The van der Waals surface area contributed by atoms with E-state index < -0.39 is 0 Å². The van der Waals surface area contributed by atoms with Crippen molar-refractivity contribution >= 4 is 18.2 Å². The van der Waals surface area contributed by atoms with E-state index in [1.165, 1.54) is 46.8 Å². The van der Waals surface area contributed by atoms with Crippen LogP contribution in [0.4, 0.5) is 0 Å². The predicted octanol–water partition coefficient (Wildman–Crippen LogP) is 3.04. The molecular weight excluding hydrogens is 242 g/mol. The van der Waals surface area contributed by atoms with E-state index in [2.05, 4.69) is 66.1 Å². The molecule has 1 heterocycles. The van der Waals surface area contributed by atoms with Crippen LogP contribution in [0.5, 0.6) is 0 Å². The number of hydrogen-bond acceptors (Lipinski definition) is 0. The highest BCUT2D eigenvalue weighted by atomic mass is 15.0. The fourth-order valence-electron chi connectivity index (χ4n) is 3.43. The summed E-state index contributed by atoms with van der Waals surface area (Å²) in [6, 6.07) is 10.7. The zero-order chi connectivity index (χ0) is 13.5. The van der Waals surface area contributed by atoms with Gasteiger partial charge in [-0.1, -0.05) is 43.4 Å². The third-order valence-corrected chi connectivity index (χ3v) is 4.38. The molecule has 0 aliphatic heterocycles. The topological polar surface area (TPSA) is 4.93 Å². The van der Waals surface area contributed by atoms with Gasteiger partial charge in [-0.25, -0.2) is 0 Å². The van der Waals surface area contributed by atoms with Crippen LogP contribution < -0.4 is 10.6 Å². The molecule has 20 heavy (non-hydrogen) atoms. The molecular formula is C19H19N. The van der Waals surface area contributed by atoms with Gasteiger partial charge in [0.05, 0.1) is 0 Å².